The van der Waals surface area contributed by atoms with E-state index < -0.39 is 0 Å². The summed E-state index contributed by atoms with van der Waals surface area (Å²) in [6.07, 6.45) is 3.15. The highest BCUT2D eigenvalue weighted by Gasteiger charge is 2.08. The van der Waals surface area contributed by atoms with E-state index in [4.69, 9.17) is 0 Å². The number of aromatic nitrogens is 4. The predicted octanol–water partition coefficient (Wildman–Crippen LogP) is 1.39. The van der Waals surface area contributed by atoms with Crippen molar-refractivity contribution in [3.63, 3.8) is 0 Å². The molecular formula is C13H11FN4O. The van der Waals surface area contributed by atoms with Crippen molar-refractivity contribution in [2.45, 2.75) is 13.5 Å². The van der Waals surface area contributed by atoms with Crippen molar-refractivity contribution < 1.29 is 4.39 Å². The third-order valence-corrected chi connectivity index (χ3v) is 3.00. The van der Waals surface area contributed by atoms with Gasteiger partial charge in [0.2, 0.25) is 0 Å². The molecule has 6 heteroatoms. The summed E-state index contributed by atoms with van der Waals surface area (Å²) < 4.78 is 16.2. The van der Waals surface area contributed by atoms with Gasteiger partial charge in [-0.05, 0) is 24.6 Å². The van der Waals surface area contributed by atoms with Gasteiger partial charge in [-0.3, -0.25) is 4.79 Å². The van der Waals surface area contributed by atoms with Gasteiger partial charge in [0.1, 0.15) is 5.82 Å². The zero-order valence-corrected chi connectivity index (χ0v) is 10.2. The van der Waals surface area contributed by atoms with Crippen LogP contribution in [-0.4, -0.2) is 19.4 Å². The second kappa shape index (κ2) is 4.31. The normalized spacial score (nSPS) is 11.1. The fraction of sp³-hybridized carbons (Fsp3) is 0.154. The summed E-state index contributed by atoms with van der Waals surface area (Å²) in [6, 6.07) is 6.21. The van der Waals surface area contributed by atoms with Crippen LogP contribution in [0.2, 0.25) is 0 Å². The molecule has 96 valence electrons. The van der Waals surface area contributed by atoms with Crippen molar-refractivity contribution in [3.05, 3.63) is 64.1 Å². The monoisotopic (exact) mass is 258 g/mol. The molecule has 0 bridgehead atoms. The summed E-state index contributed by atoms with van der Waals surface area (Å²) in [5, 5.41) is 7.50. The molecule has 0 unspecified atom stereocenters. The van der Waals surface area contributed by atoms with Crippen LogP contribution >= 0.6 is 0 Å². The second-order valence-electron chi connectivity index (χ2n) is 4.36. The van der Waals surface area contributed by atoms with Crippen molar-refractivity contribution in [2.75, 3.05) is 0 Å². The van der Waals surface area contributed by atoms with Crippen LogP contribution in [0.5, 0.6) is 0 Å². The molecule has 0 N–H and O–H groups in total. The summed E-state index contributed by atoms with van der Waals surface area (Å²) in [4.78, 5) is 12.3. The Morgan fingerprint density at radius 2 is 2.21 bits per heavy atom. The topological polar surface area (TPSA) is 52.2 Å². The summed E-state index contributed by atoms with van der Waals surface area (Å²) in [5.41, 5.74) is 1.70. The minimum Gasteiger partial charge on any atom is -0.305 e. The maximum atomic E-state index is 13.2. The first-order chi connectivity index (χ1) is 9.15. The van der Waals surface area contributed by atoms with Crippen LogP contribution in [0.4, 0.5) is 4.39 Å². The minimum atomic E-state index is -0.310. The molecule has 0 saturated carbocycles. The Kier molecular flexibility index (Phi) is 2.63. The maximum absolute atomic E-state index is 13.2. The lowest BCUT2D eigenvalue weighted by atomic mass is 10.2. The molecule has 2 heterocycles. The van der Waals surface area contributed by atoms with E-state index in [1.54, 1.807) is 22.9 Å². The van der Waals surface area contributed by atoms with Crippen molar-refractivity contribution >= 4 is 5.52 Å². The van der Waals surface area contributed by atoms with E-state index in [2.05, 4.69) is 10.3 Å². The number of benzene rings is 1. The van der Waals surface area contributed by atoms with E-state index in [0.29, 0.717) is 12.1 Å². The summed E-state index contributed by atoms with van der Waals surface area (Å²) in [7, 11) is 0. The molecule has 0 spiro atoms. The van der Waals surface area contributed by atoms with Gasteiger partial charge in [-0.2, -0.15) is 0 Å². The largest absolute Gasteiger partial charge is 0.305 e. The van der Waals surface area contributed by atoms with Crippen molar-refractivity contribution in [2.24, 2.45) is 0 Å². The first kappa shape index (κ1) is 11.6. The number of rotatable bonds is 2. The molecule has 0 saturated heterocycles. The lowest BCUT2D eigenvalue weighted by molar-refractivity contribution is 0.621. The standard InChI is InChI=1S/C13H11FN4O/c1-9-7-18-12(6-15-16-18)13(19)17(9)8-10-3-2-4-11(14)5-10/h2-7H,8H2,1H3. The molecule has 0 amide bonds. The number of halogens is 1. The summed E-state index contributed by atoms with van der Waals surface area (Å²) in [6.45, 7) is 2.13. The van der Waals surface area contributed by atoms with Gasteiger partial charge in [-0.1, -0.05) is 17.3 Å². The second-order valence-corrected chi connectivity index (χ2v) is 4.36. The Balaban J connectivity index is 2.12. The summed E-state index contributed by atoms with van der Waals surface area (Å²) in [5.74, 6) is -0.310. The molecule has 0 aliphatic rings. The number of nitrogens with zero attached hydrogens (tertiary/aromatic N) is 4. The molecule has 5 nitrogen and oxygen atoms in total. The highest BCUT2D eigenvalue weighted by atomic mass is 19.1. The highest BCUT2D eigenvalue weighted by molar-refractivity contribution is 5.41. The SMILES string of the molecule is Cc1cn2nncc2c(=O)n1Cc1cccc(F)c1. The summed E-state index contributed by atoms with van der Waals surface area (Å²) >= 11 is 0. The van der Waals surface area contributed by atoms with Gasteiger partial charge in [0.15, 0.2) is 5.52 Å². The first-order valence-corrected chi connectivity index (χ1v) is 5.80. The zero-order chi connectivity index (χ0) is 13.4. The van der Waals surface area contributed by atoms with E-state index in [1.165, 1.54) is 22.8 Å². The Bertz CT molecular complexity index is 806. The van der Waals surface area contributed by atoms with E-state index in [1.807, 2.05) is 6.92 Å². The van der Waals surface area contributed by atoms with Crippen molar-refractivity contribution in [3.8, 4) is 0 Å². The molecule has 0 aliphatic carbocycles. The van der Waals surface area contributed by atoms with E-state index in [9.17, 15) is 9.18 Å². The number of fused-ring (bicyclic) bond motifs is 1. The number of hydrogen-bond acceptors (Lipinski definition) is 3. The average Bonchev–Trinajstić information content (AvgIpc) is 2.83. The van der Waals surface area contributed by atoms with Gasteiger partial charge < -0.3 is 4.57 Å². The number of aryl methyl sites for hydroxylation is 1. The van der Waals surface area contributed by atoms with Crippen LogP contribution in [0.3, 0.4) is 0 Å². The lowest BCUT2D eigenvalue weighted by Crippen LogP contribution is -2.24. The molecule has 0 atom stereocenters. The van der Waals surface area contributed by atoms with E-state index in [-0.39, 0.29) is 11.4 Å². The third kappa shape index (κ3) is 2.01. The fourth-order valence-electron chi connectivity index (χ4n) is 2.05. The Morgan fingerprint density at radius 1 is 1.37 bits per heavy atom. The van der Waals surface area contributed by atoms with Crippen molar-refractivity contribution in [1.29, 1.82) is 0 Å². The molecule has 19 heavy (non-hydrogen) atoms. The van der Waals surface area contributed by atoms with E-state index >= 15 is 0 Å². The predicted molar refractivity (Wildman–Crippen MR) is 67.5 cm³/mol. The molecule has 3 aromatic rings. The lowest BCUT2D eigenvalue weighted by Gasteiger charge is -2.10. The molecule has 0 aliphatic heterocycles. The quantitative estimate of drug-likeness (QED) is 0.698. The molecule has 1 aromatic carbocycles. The zero-order valence-electron chi connectivity index (χ0n) is 10.2. The van der Waals surface area contributed by atoms with Crippen LogP contribution < -0.4 is 5.56 Å². The average molecular weight is 258 g/mol. The Labute approximate surface area is 107 Å². The smallest absolute Gasteiger partial charge is 0.278 e. The van der Waals surface area contributed by atoms with Gasteiger partial charge in [-0.25, -0.2) is 8.91 Å². The molecule has 0 fully saturated rings. The van der Waals surface area contributed by atoms with Crippen LogP contribution in [0.1, 0.15) is 11.3 Å². The van der Waals surface area contributed by atoms with Gasteiger partial charge in [0.25, 0.3) is 5.56 Å². The van der Waals surface area contributed by atoms with Gasteiger partial charge >= 0.3 is 0 Å². The fourth-order valence-corrected chi connectivity index (χ4v) is 2.05. The number of hydrogen-bond donors (Lipinski definition) is 0. The van der Waals surface area contributed by atoms with E-state index in [0.717, 1.165) is 11.3 Å². The van der Waals surface area contributed by atoms with Crippen LogP contribution in [0.25, 0.3) is 5.52 Å². The van der Waals surface area contributed by atoms with Gasteiger partial charge in [-0.15, -0.1) is 5.10 Å². The molecule has 3 rings (SSSR count). The van der Waals surface area contributed by atoms with Crippen LogP contribution in [0, 0.1) is 12.7 Å². The Hall–Kier alpha value is -2.50. The maximum Gasteiger partial charge on any atom is 0.278 e. The van der Waals surface area contributed by atoms with Gasteiger partial charge in [0.05, 0.1) is 18.9 Å². The van der Waals surface area contributed by atoms with Crippen LogP contribution in [-0.2, 0) is 6.54 Å². The Morgan fingerprint density at radius 3 is 3.00 bits per heavy atom. The molecule has 2 aromatic heterocycles. The minimum absolute atomic E-state index is 0.186. The molecular weight excluding hydrogens is 247 g/mol. The third-order valence-electron chi connectivity index (χ3n) is 3.00. The van der Waals surface area contributed by atoms with Crippen molar-refractivity contribution in [1.82, 2.24) is 19.4 Å². The first-order valence-electron chi connectivity index (χ1n) is 5.80. The van der Waals surface area contributed by atoms with Gasteiger partial charge in [0, 0.05) is 5.69 Å². The molecule has 0 radical (unpaired) electrons. The highest BCUT2D eigenvalue weighted by Crippen LogP contribution is 2.07. The van der Waals surface area contributed by atoms with Crippen LogP contribution in [0.15, 0.2) is 41.5 Å².